The van der Waals surface area contributed by atoms with Gasteiger partial charge in [0.05, 0.1) is 11.5 Å². The van der Waals surface area contributed by atoms with E-state index in [0.29, 0.717) is 11.1 Å². The second-order valence-corrected chi connectivity index (χ2v) is 8.02. The molecule has 0 aliphatic carbocycles. The molecular formula is C23H25F3N2O2. The summed E-state index contributed by atoms with van der Waals surface area (Å²) in [6.45, 7) is 5.82. The number of hydrogen-bond donors (Lipinski definition) is 1. The lowest BCUT2D eigenvalue weighted by Gasteiger charge is -2.20. The lowest BCUT2D eigenvalue weighted by Crippen LogP contribution is -2.39. The number of amides is 2. The fraction of sp³-hybridized carbons (Fsp3) is 0.391. The van der Waals surface area contributed by atoms with Gasteiger partial charge < -0.3 is 10.2 Å². The van der Waals surface area contributed by atoms with Crippen LogP contribution in [0.5, 0.6) is 0 Å². The van der Waals surface area contributed by atoms with Gasteiger partial charge in [-0.1, -0.05) is 36.4 Å². The molecule has 0 radical (unpaired) electrons. The average molecular weight is 418 g/mol. The third kappa shape index (κ3) is 4.66. The van der Waals surface area contributed by atoms with Crippen LogP contribution in [0.4, 0.5) is 13.2 Å². The van der Waals surface area contributed by atoms with E-state index >= 15 is 0 Å². The van der Waals surface area contributed by atoms with Crippen molar-refractivity contribution in [1.29, 1.82) is 0 Å². The lowest BCUT2D eigenvalue weighted by atomic mass is 9.87. The van der Waals surface area contributed by atoms with E-state index < -0.39 is 23.6 Å². The van der Waals surface area contributed by atoms with Crippen molar-refractivity contribution in [2.75, 3.05) is 13.1 Å². The van der Waals surface area contributed by atoms with E-state index in [9.17, 15) is 22.8 Å². The van der Waals surface area contributed by atoms with Crippen LogP contribution in [0.25, 0.3) is 0 Å². The number of nitrogens with one attached hydrogen (secondary N) is 1. The van der Waals surface area contributed by atoms with Crippen LogP contribution in [0.1, 0.15) is 46.8 Å². The molecule has 7 heteroatoms. The summed E-state index contributed by atoms with van der Waals surface area (Å²) in [6, 6.07) is 12.1. The highest BCUT2D eigenvalue weighted by Crippen LogP contribution is 2.37. The molecule has 160 valence electrons. The van der Waals surface area contributed by atoms with E-state index in [2.05, 4.69) is 5.32 Å². The van der Waals surface area contributed by atoms with Crippen molar-refractivity contribution in [3.8, 4) is 0 Å². The first-order chi connectivity index (χ1) is 14.1. The molecule has 4 nitrogen and oxygen atoms in total. The van der Waals surface area contributed by atoms with Gasteiger partial charge in [-0.2, -0.15) is 13.2 Å². The van der Waals surface area contributed by atoms with Crippen LogP contribution in [0.3, 0.4) is 0 Å². The topological polar surface area (TPSA) is 49.4 Å². The van der Waals surface area contributed by atoms with Gasteiger partial charge in [0.1, 0.15) is 0 Å². The molecule has 1 fully saturated rings. The molecule has 0 saturated carbocycles. The second kappa shape index (κ2) is 8.50. The molecule has 1 N–H and O–H groups in total. The number of carbonyl (C=O) groups is 2. The van der Waals surface area contributed by atoms with Gasteiger partial charge in [-0.25, -0.2) is 0 Å². The van der Waals surface area contributed by atoms with Crippen molar-refractivity contribution in [2.24, 2.45) is 5.92 Å². The van der Waals surface area contributed by atoms with Gasteiger partial charge in [0.15, 0.2) is 0 Å². The number of hydrogen-bond acceptors (Lipinski definition) is 2. The quantitative estimate of drug-likeness (QED) is 0.801. The van der Waals surface area contributed by atoms with Crippen LogP contribution < -0.4 is 5.32 Å². The largest absolute Gasteiger partial charge is 0.416 e. The first-order valence-electron chi connectivity index (χ1n) is 9.90. The van der Waals surface area contributed by atoms with Gasteiger partial charge in [0.25, 0.3) is 5.91 Å². The van der Waals surface area contributed by atoms with Gasteiger partial charge in [0.2, 0.25) is 5.91 Å². The second-order valence-electron chi connectivity index (χ2n) is 8.02. The Kier molecular flexibility index (Phi) is 6.19. The fourth-order valence-corrected chi connectivity index (χ4v) is 3.89. The maximum Gasteiger partial charge on any atom is 0.416 e. The Bertz CT molecular complexity index is 940. The number of alkyl halides is 3. The highest BCUT2D eigenvalue weighted by Gasteiger charge is 2.41. The van der Waals surface area contributed by atoms with Crippen molar-refractivity contribution in [3.05, 3.63) is 70.8 Å². The van der Waals surface area contributed by atoms with Crippen molar-refractivity contribution in [2.45, 2.75) is 38.9 Å². The van der Waals surface area contributed by atoms with Crippen LogP contribution in [0, 0.1) is 12.8 Å². The standard InChI is InChI=1S/C23H25F3N2O2/c1-14(2)27-21(29)20-13-28(22(30)18-10-5-4-7-15(18)3)12-19(20)16-8-6-9-17(11-16)23(24,25)26/h4-11,14,19-20H,12-13H2,1-3H3,(H,27,29). The first kappa shape index (κ1) is 21.9. The van der Waals surface area contributed by atoms with Crippen LogP contribution >= 0.6 is 0 Å². The highest BCUT2D eigenvalue weighted by molar-refractivity contribution is 5.96. The Morgan fingerprint density at radius 1 is 1.07 bits per heavy atom. The summed E-state index contributed by atoms with van der Waals surface area (Å²) in [7, 11) is 0. The van der Waals surface area contributed by atoms with Crippen LogP contribution in [-0.4, -0.2) is 35.8 Å². The zero-order valence-corrected chi connectivity index (χ0v) is 17.2. The minimum Gasteiger partial charge on any atom is -0.354 e. The Balaban J connectivity index is 1.94. The fourth-order valence-electron chi connectivity index (χ4n) is 3.89. The lowest BCUT2D eigenvalue weighted by molar-refractivity contribution is -0.137. The van der Waals surface area contributed by atoms with Gasteiger partial charge in [-0.15, -0.1) is 0 Å². The molecule has 1 heterocycles. The van der Waals surface area contributed by atoms with Crippen molar-refractivity contribution >= 4 is 11.8 Å². The number of aryl methyl sites for hydroxylation is 1. The van der Waals surface area contributed by atoms with Crippen LogP contribution in [-0.2, 0) is 11.0 Å². The predicted octanol–water partition coefficient (Wildman–Crippen LogP) is 4.39. The van der Waals surface area contributed by atoms with E-state index in [4.69, 9.17) is 0 Å². The van der Waals surface area contributed by atoms with Crippen LogP contribution in [0.15, 0.2) is 48.5 Å². The maximum atomic E-state index is 13.2. The molecular weight excluding hydrogens is 393 g/mol. The molecule has 30 heavy (non-hydrogen) atoms. The van der Waals surface area contributed by atoms with Crippen molar-refractivity contribution in [3.63, 3.8) is 0 Å². The zero-order chi connectivity index (χ0) is 22.1. The maximum absolute atomic E-state index is 13.2. The Morgan fingerprint density at radius 3 is 2.40 bits per heavy atom. The summed E-state index contributed by atoms with van der Waals surface area (Å²) in [4.78, 5) is 27.5. The molecule has 0 spiro atoms. The van der Waals surface area contributed by atoms with Gasteiger partial charge in [-0.05, 0) is 44.0 Å². The molecule has 1 saturated heterocycles. The Morgan fingerprint density at radius 2 is 1.77 bits per heavy atom. The van der Waals surface area contributed by atoms with Crippen molar-refractivity contribution in [1.82, 2.24) is 10.2 Å². The zero-order valence-electron chi connectivity index (χ0n) is 17.2. The summed E-state index contributed by atoms with van der Waals surface area (Å²) in [5.41, 5.74) is 0.999. The number of benzene rings is 2. The monoisotopic (exact) mass is 418 g/mol. The third-order valence-corrected chi connectivity index (χ3v) is 5.39. The Hall–Kier alpha value is -2.83. The molecule has 2 aromatic rings. The highest BCUT2D eigenvalue weighted by atomic mass is 19.4. The number of nitrogens with zero attached hydrogens (tertiary/aromatic N) is 1. The minimum absolute atomic E-state index is 0.110. The van der Waals surface area contributed by atoms with E-state index in [1.807, 2.05) is 32.9 Å². The summed E-state index contributed by atoms with van der Waals surface area (Å²) in [5, 5.41) is 2.84. The number of likely N-dealkylation sites (tertiary alicyclic amines) is 1. The van der Waals surface area contributed by atoms with Gasteiger partial charge in [0, 0.05) is 30.6 Å². The van der Waals surface area contributed by atoms with Crippen molar-refractivity contribution < 1.29 is 22.8 Å². The number of halogens is 3. The summed E-state index contributed by atoms with van der Waals surface area (Å²) in [5.74, 6) is -1.61. The molecule has 0 bridgehead atoms. The first-order valence-corrected chi connectivity index (χ1v) is 9.90. The molecule has 2 atom stereocenters. The molecule has 2 aromatic carbocycles. The minimum atomic E-state index is -4.47. The predicted molar refractivity (Wildman–Crippen MR) is 108 cm³/mol. The van der Waals surface area contributed by atoms with E-state index in [-0.39, 0.29) is 30.9 Å². The Labute approximate surface area is 174 Å². The average Bonchev–Trinajstić information content (AvgIpc) is 3.12. The molecule has 2 unspecified atom stereocenters. The number of rotatable bonds is 4. The summed E-state index contributed by atoms with van der Waals surface area (Å²) < 4.78 is 39.6. The molecule has 2 amide bonds. The SMILES string of the molecule is Cc1ccccc1C(=O)N1CC(C(=O)NC(C)C)C(c2cccc(C(F)(F)F)c2)C1. The summed E-state index contributed by atoms with van der Waals surface area (Å²) >= 11 is 0. The number of carbonyl (C=O) groups excluding carboxylic acids is 2. The van der Waals surface area contributed by atoms with Crippen LogP contribution in [0.2, 0.25) is 0 Å². The molecule has 1 aliphatic heterocycles. The van der Waals surface area contributed by atoms with E-state index in [1.165, 1.54) is 6.07 Å². The van der Waals surface area contributed by atoms with Gasteiger partial charge >= 0.3 is 6.18 Å². The normalized spacial score (nSPS) is 19.2. The van der Waals surface area contributed by atoms with Gasteiger partial charge in [-0.3, -0.25) is 9.59 Å². The molecule has 0 aromatic heterocycles. The van der Waals surface area contributed by atoms with E-state index in [1.54, 1.807) is 23.1 Å². The smallest absolute Gasteiger partial charge is 0.354 e. The molecule has 3 rings (SSSR count). The molecule has 1 aliphatic rings. The summed E-state index contributed by atoms with van der Waals surface area (Å²) in [6.07, 6.45) is -4.47. The van der Waals surface area contributed by atoms with E-state index in [0.717, 1.165) is 17.7 Å². The third-order valence-electron chi connectivity index (χ3n) is 5.39.